The molecule has 6 heteroatoms. The van der Waals surface area contributed by atoms with Crippen LogP contribution in [-0.4, -0.2) is 33.7 Å². The van der Waals surface area contributed by atoms with Crippen molar-refractivity contribution in [1.29, 1.82) is 0 Å². The number of allylic oxidation sites excluding steroid dienone is 4. The van der Waals surface area contributed by atoms with Crippen molar-refractivity contribution in [2.45, 2.75) is 219 Å². The van der Waals surface area contributed by atoms with Crippen LogP contribution in [0.4, 0.5) is 0 Å². The molecule has 1 aliphatic rings. The number of carbonyl (C=O) groups is 4. The highest BCUT2D eigenvalue weighted by molar-refractivity contribution is 6.20. The van der Waals surface area contributed by atoms with Crippen molar-refractivity contribution in [1.82, 2.24) is 0 Å². The largest absolute Gasteiger partial charge is 0.480 e. The molecule has 6 nitrogen and oxygen atoms in total. The maximum atomic E-state index is 13.4. The molecule has 0 bridgehead atoms. The Morgan fingerprint density at radius 3 is 0.940 bits per heavy atom. The van der Waals surface area contributed by atoms with Gasteiger partial charge in [-0.05, 0) is 64.2 Å². The number of hydrogen-bond acceptors (Lipinski definition) is 4. The summed E-state index contributed by atoms with van der Waals surface area (Å²) in [6.07, 6.45) is 39.6. The summed E-state index contributed by atoms with van der Waals surface area (Å²) in [6, 6.07) is 0. The molecule has 0 radical (unpaired) electrons. The number of carboxylic acids is 2. The molecule has 0 aromatic carbocycles. The predicted octanol–water partition coefficient (Wildman–Crippen LogP) is 12.9. The fraction of sp³-hybridized carbons (Fsp3) is 0.818. The molecule has 2 N–H and O–H groups in total. The highest BCUT2D eigenvalue weighted by Gasteiger charge is 2.70. The second-order valence-corrected chi connectivity index (χ2v) is 15.1. The molecule has 0 aromatic heterocycles. The van der Waals surface area contributed by atoms with Gasteiger partial charge in [-0.2, -0.15) is 0 Å². The van der Waals surface area contributed by atoms with Crippen molar-refractivity contribution < 1.29 is 29.4 Å². The Bertz CT molecular complexity index is 905. The minimum Gasteiger partial charge on any atom is -0.480 e. The highest BCUT2D eigenvalue weighted by Crippen LogP contribution is 2.53. The molecule has 288 valence electrons. The van der Waals surface area contributed by atoms with Crippen LogP contribution >= 0.6 is 0 Å². The number of aliphatic carboxylic acids is 2. The van der Waals surface area contributed by atoms with Gasteiger partial charge >= 0.3 is 11.9 Å². The maximum Gasteiger partial charge on any atom is 0.318 e. The van der Waals surface area contributed by atoms with Gasteiger partial charge in [0.2, 0.25) is 0 Å². The summed E-state index contributed by atoms with van der Waals surface area (Å²) in [5.74, 6) is -4.03. The molecule has 1 fully saturated rings. The van der Waals surface area contributed by atoms with E-state index < -0.39 is 34.3 Å². The molecule has 0 aliphatic heterocycles. The molecular weight excluding hydrogens is 624 g/mol. The standard InChI is InChI=1S/C44H76O6/c1-3-5-7-9-11-13-15-17-19-21-23-25-27-29-31-33-37-43(41(47)48)39(45)35-36-40(46)44(43,42(49)50)38-34-32-30-28-26-24-22-20-18-16-14-12-10-8-6-4-2/h17-20H,3-16,21-38H2,1-2H3,(H,47,48)(H,49,50)/b19-17-,20-18-. The van der Waals surface area contributed by atoms with Gasteiger partial charge < -0.3 is 10.2 Å². The van der Waals surface area contributed by atoms with Crippen LogP contribution in [0.25, 0.3) is 0 Å². The topological polar surface area (TPSA) is 109 Å². The molecule has 2 unspecified atom stereocenters. The van der Waals surface area contributed by atoms with Crippen LogP contribution in [0.1, 0.15) is 219 Å². The molecule has 2 atom stereocenters. The van der Waals surface area contributed by atoms with Crippen molar-refractivity contribution >= 4 is 23.5 Å². The summed E-state index contributed by atoms with van der Waals surface area (Å²) in [7, 11) is 0. The first-order valence-corrected chi connectivity index (χ1v) is 21.1. The fourth-order valence-corrected chi connectivity index (χ4v) is 7.93. The maximum absolute atomic E-state index is 13.4. The van der Waals surface area contributed by atoms with Crippen molar-refractivity contribution in [3.63, 3.8) is 0 Å². The van der Waals surface area contributed by atoms with Gasteiger partial charge in [-0.25, -0.2) is 0 Å². The van der Waals surface area contributed by atoms with E-state index >= 15 is 0 Å². The summed E-state index contributed by atoms with van der Waals surface area (Å²) < 4.78 is 0. The normalized spacial score (nSPS) is 19.6. The number of hydrogen-bond donors (Lipinski definition) is 2. The zero-order chi connectivity index (χ0) is 36.8. The minimum atomic E-state index is -2.17. The van der Waals surface area contributed by atoms with Crippen LogP contribution in [0.2, 0.25) is 0 Å². The lowest BCUT2D eigenvalue weighted by Gasteiger charge is -2.46. The van der Waals surface area contributed by atoms with Crippen LogP contribution in [0.15, 0.2) is 24.3 Å². The first-order chi connectivity index (χ1) is 24.3. The van der Waals surface area contributed by atoms with Crippen molar-refractivity contribution in [2.24, 2.45) is 10.8 Å². The summed E-state index contributed by atoms with van der Waals surface area (Å²) in [5.41, 5.74) is -4.34. The zero-order valence-corrected chi connectivity index (χ0v) is 32.5. The van der Waals surface area contributed by atoms with Crippen molar-refractivity contribution in [3.05, 3.63) is 24.3 Å². The van der Waals surface area contributed by atoms with E-state index in [1.807, 2.05) is 0 Å². The van der Waals surface area contributed by atoms with E-state index in [1.165, 1.54) is 77.0 Å². The van der Waals surface area contributed by atoms with E-state index in [-0.39, 0.29) is 25.7 Å². The van der Waals surface area contributed by atoms with Gasteiger partial charge in [0.15, 0.2) is 11.6 Å². The summed E-state index contributed by atoms with van der Waals surface area (Å²) in [5, 5.41) is 20.9. The Kier molecular flexibility index (Phi) is 26.9. The van der Waals surface area contributed by atoms with Crippen LogP contribution < -0.4 is 0 Å². The number of Topliss-reactive ketones (excluding diaryl/α,β-unsaturated/α-hetero) is 2. The van der Waals surface area contributed by atoms with Gasteiger partial charge in [0.1, 0.15) is 10.8 Å². The third-order valence-electron chi connectivity index (χ3n) is 11.1. The average Bonchev–Trinajstić information content (AvgIpc) is 3.09. The smallest absolute Gasteiger partial charge is 0.318 e. The molecular formula is C44H76O6. The first-order valence-electron chi connectivity index (χ1n) is 21.1. The SMILES string of the molecule is CCCCCCCC/C=C\CCCCCCCCC1(C(=O)O)C(=O)CCC(=O)C1(CCCCCCCC/C=C\CCCCCCCC)C(=O)O. The molecule has 0 heterocycles. The summed E-state index contributed by atoms with van der Waals surface area (Å²) >= 11 is 0. The number of carbonyl (C=O) groups excluding carboxylic acids is 2. The van der Waals surface area contributed by atoms with E-state index in [9.17, 15) is 29.4 Å². The van der Waals surface area contributed by atoms with E-state index in [4.69, 9.17) is 0 Å². The summed E-state index contributed by atoms with van der Waals surface area (Å²) in [6.45, 7) is 4.49. The monoisotopic (exact) mass is 701 g/mol. The zero-order valence-electron chi connectivity index (χ0n) is 32.5. The second-order valence-electron chi connectivity index (χ2n) is 15.1. The predicted molar refractivity (Wildman–Crippen MR) is 208 cm³/mol. The molecule has 0 aromatic rings. The third kappa shape index (κ3) is 16.9. The first kappa shape index (κ1) is 45.8. The second kappa shape index (κ2) is 29.3. The van der Waals surface area contributed by atoms with Crippen LogP contribution in [0, 0.1) is 10.8 Å². The Hall–Kier alpha value is -2.24. The van der Waals surface area contributed by atoms with Gasteiger partial charge in [-0.3, -0.25) is 19.2 Å². The molecule has 0 spiro atoms. The molecule has 1 rings (SSSR count). The fourth-order valence-electron chi connectivity index (χ4n) is 7.93. The van der Waals surface area contributed by atoms with Crippen LogP contribution in [-0.2, 0) is 19.2 Å². The van der Waals surface area contributed by atoms with Gasteiger partial charge in [0.05, 0.1) is 0 Å². The van der Waals surface area contributed by atoms with E-state index in [0.717, 1.165) is 89.9 Å². The molecule has 50 heavy (non-hydrogen) atoms. The Labute approximate surface area is 306 Å². The van der Waals surface area contributed by atoms with E-state index in [2.05, 4.69) is 38.2 Å². The number of unbranched alkanes of at least 4 members (excludes halogenated alkanes) is 24. The van der Waals surface area contributed by atoms with Crippen molar-refractivity contribution in [3.8, 4) is 0 Å². The van der Waals surface area contributed by atoms with Crippen LogP contribution in [0.3, 0.4) is 0 Å². The number of carboxylic acid groups (broad SMARTS) is 2. The minimum absolute atomic E-state index is 0.0766. The lowest BCUT2D eigenvalue weighted by molar-refractivity contribution is -0.187. The Balaban J connectivity index is 2.45. The molecule has 1 saturated carbocycles. The van der Waals surface area contributed by atoms with Crippen LogP contribution in [0.5, 0.6) is 0 Å². The van der Waals surface area contributed by atoms with Gasteiger partial charge in [0, 0.05) is 12.8 Å². The van der Waals surface area contributed by atoms with Gasteiger partial charge in [-0.15, -0.1) is 0 Å². The Morgan fingerprint density at radius 1 is 0.440 bits per heavy atom. The lowest BCUT2D eigenvalue weighted by Crippen LogP contribution is -2.63. The van der Waals surface area contributed by atoms with E-state index in [0.29, 0.717) is 12.8 Å². The van der Waals surface area contributed by atoms with Gasteiger partial charge in [-0.1, -0.05) is 167 Å². The number of rotatable bonds is 34. The third-order valence-corrected chi connectivity index (χ3v) is 11.1. The quantitative estimate of drug-likeness (QED) is 0.0393. The molecule has 0 saturated heterocycles. The summed E-state index contributed by atoms with van der Waals surface area (Å²) in [4.78, 5) is 52.5. The Morgan fingerprint density at radius 2 is 0.680 bits per heavy atom. The molecule has 1 aliphatic carbocycles. The van der Waals surface area contributed by atoms with E-state index in [1.54, 1.807) is 0 Å². The average molecular weight is 701 g/mol. The highest BCUT2D eigenvalue weighted by atomic mass is 16.4. The lowest BCUT2D eigenvalue weighted by atomic mass is 9.51. The van der Waals surface area contributed by atoms with Gasteiger partial charge in [0.25, 0.3) is 0 Å². The molecule has 0 amide bonds. The number of ketones is 2. The van der Waals surface area contributed by atoms with Crippen molar-refractivity contribution in [2.75, 3.05) is 0 Å².